The van der Waals surface area contributed by atoms with Crippen LogP contribution >= 0.6 is 16.9 Å². The SMILES string of the molecule is CO[C@@H]1OC(CO[Si](c2ccccc2)(c2ccccc2)C(C)(C)C)[C@@H](O[C@@H]2OC(COC(C)=O)[C@@H](O[C@@H]3OC(CO[Si](c4ccccc4)(c4ccccc4)C(C)(C)C)[C@@H](O[C@@H]4OC(COC(C)=O)[C@@H](O[C@@H]5OC(CO[Si](c6ccccc6)(c6ccccc6)C(C)(C)C)[C@@H](C)[C@H](P[B]B=O)C5N=[N+]=[N-])[C@H](C)C4OC(=O)c4ccccc4)[C@H](C)C3N=[N+]=[N-])[C@@H](OCc3ccccc3)C2C)[C@H](P[B]B=O)C1N=[N+]=[N-]. The molecule has 2 radical (unpaired) electrons. The number of hydrogen-bond acceptors (Lipinski definition) is 25. The summed E-state index contributed by atoms with van der Waals surface area (Å²) in [4.78, 5) is 52.6. The first kappa shape index (κ1) is 109. The molecule has 0 spiro atoms. The average molecular weight is 2010 g/mol. The van der Waals surface area contributed by atoms with E-state index in [0.717, 1.165) is 36.7 Å². The van der Waals surface area contributed by atoms with Crippen molar-refractivity contribution in [1.29, 1.82) is 0 Å². The molecule has 0 N–H and O–H groups in total. The maximum atomic E-state index is 15.3. The summed E-state index contributed by atoms with van der Waals surface area (Å²) in [6.45, 7) is 30.7. The molecule has 5 fully saturated rings. The van der Waals surface area contributed by atoms with Crippen molar-refractivity contribution in [2.24, 2.45) is 39.0 Å². The molecule has 40 heteroatoms. The van der Waals surface area contributed by atoms with Crippen LogP contribution in [0.3, 0.4) is 0 Å². The fourth-order valence-corrected chi connectivity index (χ4v) is 36.8. The molecule has 8 aromatic carbocycles. The third-order valence-corrected chi connectivity index (χ3v) is 45.4. The molecule has 27 atom stereocenters. The van der Waals surface area contributed by atoms with Crippen LogP contribution < -0.4 is 31.1 Å². The monoisotopic (exact) mass is 2010 g/mol. The van der Waals surface area contributed by atoms with Crippen LogP contribution in [-0.4, -0.2) is 239 Å². The summed E-state index contributed by atoms with van der Waals surface area (Å²) in [5.74, 6) is -5.60. The number of esters is 3. The molecular weight excluding hydrogens is 1880 g/mol. The van der Waals surface area contributed by atoms with Gasteiger partial charge in [-0.25, -0.2) is 0 Å². The Kier molecular flexibility index (Phi) is 38.8. The van der Waals surface area contributed by atoms with Crippen molar-refractivity contribution in [3.05, 3.63) is 285 Å². The molecule has 5 heterocycles. The predicted molar refractivity (Wildman–Crippen MR) is 549 cm³/mol. The molecule has 0 bridgehead atoms. The number of hydrogen-bond donors (Lipinski definition) is 0. The van der Waals surface area contributed by atoms with Gasteiger partial charge in [0.15, 0.2) is 0 Å². The minimum absolute atomic E-state index is 0.00944. The quantitative estimate of drug-likeness (QED) is 0.00652. The van der Waals surface area contributed by atoms with Crippen LogP contribution in [-0.2, 0) is 105 Å². The Morgan fingerprint density at radius 1 is 0.369 bits per heavy atom. The van der Waals surface area contributed by atoms with Gasteiger partial charge in [-0.05, 0) is 39.0 Å². The number of carbonyl (C=O) groups excluding carboxylic acids is 3. The number of ether oxygens (including phenoxy) is 14. The van der Waals surface area contributed by atoms with Gasteiger partial charge in [-0.15, -0.1) is 0 Å². The van der Waals surface area contributed by atoms with E-state index in [0.29, 0.717) is 14.1 Å². The maximum absolute atomic E-state index is 15.3. The number of rotatable bonds is 42. The molecule has 12 unspecified atom stereocenters. The zero-order valence-corrected chi connectivity index (χ0v) is 87.6. The average Bonchev–Trinajstić information content (AvgIpc) is 0.750. The first-order chi connectivity index (χ1) is 67.8. The van der Waals surface area contributed by atoms with E-state index in [1.165, 1.54) is 34.7 Å². The van der Waals surface area contributed by atoms with Gasteiger partial charge in [0.2, 0.25) is 0 Å². The van der Waals surface area contributed by atoms with Crippen LogP contribution in [0.2, 0.25) is 15.1 Å². The molecule has 5 saturated heterocycles. The van der Waals surface area contributed by atoms with Crippen molar-refractivity contribution in [3.63, 3.8) is 0 Å². The fraction of sp³-hybridized carbons (Fsp3) is 0.495. The zero-order valence-electron chi connectivity index (χ0n) is 82.6. The third-order valence-electron chi connectivity index (χ3n) is 27.5. The Hall–Kier alpha value is -9.09. The number of carbonyl (C=O) groups is 3. The molecule has 5 aliphatic rings. The Morgan fingerprint density at radius 2 is 0.695 bits per heavy atom. The van der Waals surface area contributed by atoms with Crippen LogP contribution in [0, 0.1) is 23.7 Å². The van der Waals surface area contributed by atoms with Crippen molar-refractivity contribution in [3.8, 4) is 0 Å². The molecule has 742 valence electrons. The predicted octanol–water partition coefficient (Wildman–Crippen LogP) is 14.3. The molecule has 0 aliphatic carbocycles. The van der Waals surface area contributed by atoms with Gasteiger partial charge in [0.05, 0.1) is 6.61 Å². The Morgan fingerprint density at radius 3 is 1.11 bits per heavy atom. The van der Waals surface area contributed by atoms with E-state index in [1.54, 1.807) is 44.2 Å². The van der Waals surface area contributed by atoms with Gasteiger partial charge in [-0.1, -0.05) is 130 Å². The van der Waals surface area contributed by atoms with Crippen molar-refractivity contribution >= 4 is 119 Å². The normalized spacial score (nSPS) is 28.4. The van der Waals surface area contributed by atoms with E-state index >= 15 is 4.79 Å². The van der Waals surface area contributed by atoms with E-state index in [4.69, 9.17) is 79.6 Å². The summed E-state index contributed by atoms with van der Waals surface area (Å²) >= 11 is 0. The first-order valence-electron chi connectivity index (χ1n) is 47.9. The Balaban J connectivity index is 0.915. The summed E-state index contributed by atoms with van der Waals surface area (Å²) in [6, 6.07) is 74.5. The summed E-state index contributed by atoms with van der Waals surface area (Å²) in [5.41, 5.74) is 31.8. The molecule has 8 aromatic rings. The van der Waals surface area contributed by atoms with E-state index in [9.17, 15) is 35.6 Å². The van der Waals surface area contributed by atoms with Crippen molar-refractivity contribution in [2.45, 2.75) is 254 Å². The van der Waals surface area contributed by atoms with Gasteiger partial charge in [0.25, 0.3) is 8.32 Å². The van der Waals surface area contributed by atoms with Gasteiger partial charge in [-0.3, -0.25) is 0 Å². The standard InChI is InChI=1S/C101H127B4N9O22P2Si3/c1-63-77(60-124-139(99(7,8)9,71-45-29-19-30-46-71)72-47-31-20-32-48-72)127-97(83(110-113-107)91(63)137-104-102-118)133-86-65(3)88(132-93(117)70-43-27-18-28-44-70)98(131-78(86)58-121-67(5)115)134-85-64(2)82(109-112-106)96(130-80(85)61-125-140(100(10,11)12,73-49-33-21-34-50-73)74-51-35-22-36-52-74)135-89-79(59-122-68(6)116)128-94(66(4)87(89)123-57-69-41-25-17-26-42-69)136-90-81(129-95(120-16)84(111-114-108)92(90)138-105-103-119)62-126-141(101(13,14)15,75-53-37-23-38-54-75)76-55-39-24-40-56-76/h17-56,63-66,77-92,94-98,137-138H,57-62H2,1-16H3/t63-,64-,65+,66?,77?,78?,79?,80?,81?,82?,83?,84?,85+,86+,87+,88?,89-,90-,91+,92-,94+,95-,96+,97+,98+/m1/s1. The molecule has 0 saturated carbocycles. The summed E-state index contributed by atoms with van der Waals surface area (Å²) in [5, 5.41) is 17.4. The second-order valence-electron chi connectivity index (χ2n) is 39.4. The molecule has 13 rings (SSSR count). The van der Waals surface area contributed by atoms with Gasteiger partial charge in [0, 0.05) is 4.91 Å². The number of azide groups is 3. The van der Waals surface area contributed by atoms with Gasteiger partial charge < -0.3 is 4.43 Å². The second kappa shape index (κ2) is 50.1. The van der Waals surface area contributed by atoms with E-state index in [1.807, 2.05) is 178 Å². The molecule has 141 heavy (non-hydrogen) atoms. The van der Waals surface area contributed by atoms with E-state index in [2.05, 4.69) is 141 Å². The minimum atomic E-state index is -3.64. The van der Waals surface area contributed by atoms with E-state index < -0.39 is 223 Å². The topological polar surface area (TPSA) is 389 Å². The summed E-state index contributed by atoms with van der Waals surface area (Å²) in [7, 11) is -8.06. The molecule has 5 aliphatic heterocycles. The van der Waals surface area contributed by atoms with Crippen molar-refractivity contribution < 1.29 is 103 Å². The zero-order chi connectivity index (χ0) is 101. The Labute approximate surface area is 834 Å². The van der Waals surface area contributed by atoms with Crippen molar-refractivity contribution in [1.82, 2.24) is 0 Å². The Bertz CT molecular complexity index is 5400. The van der Waals surface area contributed by atoms with Gasteiger partial charge in [0.1, 0.15) is 6.10 Å². The second-order valence-corrected chi connectivity index (χ2v) is 55.0. The van der Waals surface area contributed by atoms with Crippen LogP contribution in [0.25, 0.3) is 31.3 Å². The van der Waals surface area contributed by atoms with E-state index in [-0.39, 0.29) is 48.9 Å². The van der Waals surface area contributed by atoms with Gasteiger partial charge in [-0.2, -0.15) is 0 Å². The van der Waals surface area contributed by atoms with Crippen molar-refractivity contribution in [2.75, 3.05) is 40.1 Å². The first-order valence-corrected chi connectivity index (χ1v) is 55.9. The number of nitrogens with zero attached hydrogens (tertiary/aromatic N) is 9. The van der Waals surface area contributed by atoms with Crippen LogP contribution in [0.1, 0.15) is 120 Å². The molecular formula is C101H127B4N9O22P2Si3. The van der Waals surface area contributed by atoms with Crippen LogP contribution in [0.15, 0.2) is 258 Å². The summed E-state index contributed by atoms with van der Waals surface area (Å²) in [6.07, 6.45) is -20.8. The molecule has 31 nitrogen and oxygen atoms in total. The molecule has 0 amide bonds. The van der Waals surface area contributed by atoms with Gasteiger partial charge >= 0.3 is 641 Å². The van der Waals surface area contributed by atoms with Crippen LogP contribution in [0.5, 0.6) is 0 Å². The fourth-order valence-electron chi connectivity index (χ4n) is 20.6. The molecule has 0 aromatic heterocycles. The number of benzene rings is 8. The number of methoxy groups -OCH3 is 1. The third kappa shape index (κ3) is 25.2. The summed E-state index contributed by atoms with van der Waals surface area (Å²) < 4.78 is 147. The van der Waals surface area contributed by atoms with Crippen LogP contribution in [0.4, 0.5) is 0 Å².